The quantitative estimate of drug-likeness (QED) is 0.711. The molecule has 0 atom stereocenters. The molecular weight excluding hydrogens is 162 g/mol. The standard InChI is InChI=1S/C11H17NO/c1-9(2)11(3,4)13-10-7-5-6-8-12-10/h5-9H,1-4H3. The molecular formula is C11H17NO. The van der Waals surface area contributed by atoms with E-state index in [1.807, 2.05) is 18.2 Å². The van der Waals surface area contributed by atoms with E-state index in [1.54, 1.807) is 6.20 Å². The second-order valence-corrected chi connectivity index (χ2v) is 4.03. The van der Waals surface area contributed by atoms with Crippen molar-refractivity contribution in [2.24, 2.45) is 5.92 Å². The molecule has 1 aromatic rings. The Bertz CT molecular complexity index is 254. The van der Waals surface area contributed by atoms with Gasteiger partial charge >= 0.3 is 0 Å². The van der Waals surface area contributed by atoms with Crippen molar-refractivity contribution in [2.75, 3.05) is 0 Å². The average Bonchev–Trinajstić information content (AvgIpc) is 2.05. The molecule has 0 amide bonds. The van der Waals surface area contributed by atoms with E-state index in [0.29, 0.717) is 11.8 Å². The Labute approximate surface area is 80.0 Å². The third-order valence-corrected chi connectivity index (χ3v) is 2.40. The van der Waals surface area contributed by atoms with Crippen molar-refractivity contribution in [2.45, 2.75) is 33.3 Å². The highest BCUT2D eigenvalue weighted by Gasteiger charge is 2.24. The summed E-state index contributed by atoms with van der Waals surface area (Å²) < 4.78 is 5.75. The van der Waals surface area contributed by atoms with Crippen LogP contribution in [-0.2, 0) is 0 Å². The fourth-order valence-electron chi connectivity index (χ4n) is 0.795. The molecule has 13 heavy (non-hydrogen) atoms. The van der Waals surface area contributed by atoms with Crippen molar-refractivity contribution in [3.05, 3.63) is 24.4 Å². The average molecular weight is 179 g/mol. The molecule has 0 N–H and O–H groups in total. The maximum atomic E-state index is 5.75. The Morgan fingerprint density at radius 1 is 1.31 bits per heavy atom. The summed E-state index contributed by atoms with van der Waals surface area (Å²) in [5, 5.41) is 0. The fourth-order valence-corrected chi connectivity index (χ4v) is 0.795. The summed E-state index contributed by atoms with van der Waals surface area (Å²) >= 11 is 0. The van der Waals surface area contributed by atoms with E-state index >= 15 is 0 Å². The molecule has 1 heterocycles. The van der Waals surface area contributed by atoms with Gasteiger partial charge in [0.2, 0.25) is 5.88 Å². The number of ether oxygens (including phenoxy) is 1. The van der Waals surface area contributed by atoms with Gasteiger partial charge in [-0.3, -0.25) is 0 Å². The number of rotatable bonds is 3. The Hall–Kier alpha value is -1.05. The summed E-state index contributed by atoms with van der Waals surface area (Å²) in [5.41, 5.74) is -0.158. The van der Waals surface area contributed by atoms with Gasteiger partial charge in [-0.05, 0) is 25.8 Å². The summed E-state index contributed by atoms with van der Waals surface area (Å²) in [4.78, 5) is 4.12. The van der Waals surface area contributed by atoms with Gasteiger partial charge in [-0.15, -0.1) is 0 Å². The first kappa shape index (κ1) is 10.0. The monoisotopic (exact) mass is 179 g/mol. The minimum Gasteiger partial charge on any atom is -0.471 e. The zero-order valence-electron chi connectivity index (χ0n) is 8.74. The predicted molar refractivity (Wildman–Crippen MR) is 53.8 cm³/mol. The molecule has 0 aliphatic carbocycles. The molecule has 2 nitrogen and oxygen atoms in total. The second kappa shape index (κ2) is 3.77. The van der Waals surface area contributed by atoms with Crippen LogP contribution in [0.1, 0.15) is 27.7 Å². The molecule has 2 heteroatoms. The molecule has 0 saturated carbocycles. The number of hydrogen-bond acceptors (Lipinski definition) is 2. The highest BCUT2D eigenvalue weighted by Crippen LogP contribution is 2.22. The topological polar surface area (TPSA) is 22.1 Å². The van der Waals surface area contributed by atoms with Gasteiger partial charge in [0.25, 0.3) is 0 Å². The molecule has 0 fully saturated rings. The van der Waals surface area contributed by atoms with Crippen LogP contribution < -0.4 is 4.74 Å². The van der Waals surface area contributed by atoms with Gasteiger partial charge in [0, 0.05) is 12.3 Å². The number of hydrogen-bond donors (Lipinski definition) is 0. The molecule has 1 rings (SSSR count). The van der Waals surface area contributed by atoms with Crippen molar-refractivity contribution in [3.8, 4) is 5.88 Å². The maximum absolute atomic E-state index is 5.75. The SMILES string of the molecule is CC(C)C(C)(C)Oc1ccccn1. The second-order valence-electron chi connectivity index (χ2n) is 4.03. The van der Waals surface area contributed by atoms with Gasteiger partial charge in [-0.1, -0.05) is 19.9 Å². The van der Waals surface area contributed by atoms with Crippen LogP contribution in [0.2, 0.25) is 0 Å². The highest BCUT2D eigenvalue weighted by molar-refractivity contribution is 5.10. The van der Waals surface area contributed by atoms with E-state index in [4.69, 9.17) is 4.74 Å². The van der Waals surface area contributed by atoms with Crippen molar-refractivity contribution in [3.63, 3.8) is 0 Å². The minimum atomic E-state index is -0.158. The first-order chi connectivity index (χ1) is 6.02. The van der Waals surface area contributed by atoms with Crippen LogP contribution in [-0.4, -0.2) is 10.6 Å². The first-order valence-corrected chi connectivity index (χ1v) is 4.62. The lowest BCUT2D eigenvalue weighted by Crippen LogP contribution is -2.34. The summed E-state index contributed by atoms with van der Waals surface area (Å²) in [6.07, 6.45) is 1.74. The predicted octanol–water partition coefficient (Wildman–Crippen LogP) is 2.90. The lowest BCUT2D eigenvalue weighted by Gasteiger charge is -2.29. The van der Waals surface area contributed by atoms with Crippen LogP contribution in [0.25, 0.3) is 0 Å². The van der Waals surface area contributed by atoms with Crippen molar-refractivity contribution in [1.29, 1.82) is 0 Å². The third-order valence-electron chi connectivity index (χ3n) is 2.40. The van der Waals surface area contributed by atoms with Crippen LogP contribution in [0.3, 0.4) is 0 Å². The summed E-state index contributed by atoms with van der Waals surface area (Å²) in [6, 6.07) is 5.69. The van der Waals surface area contributed by atoms with Crippen molar-refractivity contribution < 1.29 is 4.74 Å². The number of pyridine rings is 1. The first-order valence-electron chi connectivity index (χ1n) is 4.62. The normalized spacial score (nSPS) is 11.8. The molecule has 72 valence electrons. The summed E-state index contributed by atoms with van der Waals surface area (Å²) in [6.45, 7) is 8.44. The van der Waals surface area contributed by atoms with Crippen LogP contribution in [0.4, 0.5) is 0 Å². The number of nitrogens with zero attached hydrogens (tertiary/aromatic N) is 1. The Morgan fingerprint density at radius 3 is 2.46 bits per heavy atom. The molecule has 1 aromatic heterocycles. The lowest BCUT2D eigenvalue weighted by atomic mass is 9.95. The largest absolute Gasteiger partial charge is 0.471 e. The van der Waals surface area contributed by atoms with Gasteiger partial charge in [0.05, 0.1) is 0 Å². The van der Waals surface area contributed by atoms with Crippen molar-refractivity contribution in [1.82, 2.24) is 4.98 Å². The highest BCUT2D eigenvalue weighted by atomic mass is 16.5. The molecule has 0 spiro atoms. The maximum Gasteiger partial charge on any atom is 0.213 e. The van der Waals surface area contributed by atoms with Gasteiger partial charge in [0.15, 0.2) is 0 Å². The van der Waals surface area contributed by atoms with E-state index in [1.165, 1.54) is 0 Å². The zero-order valence-corrected chi connectivity index (χ0v) is 8.74. The van der Waals surface area contributed by atoms with E-state index in [9.17, 15) is 0 Å². The molecule has 0 aromatic carbocycles. The van der Waals surface area contributed by atoms with Gasteiger partial charge in [-0.25, -0.2) is 4.98 Å². The molecule has 0 unspecified atom stereocenters. The van der Waals surface area contributed by atoms with E-state index in [-0.39, 0.29) is 5.60 Å². The van der Waals surface area contributed by atoms with E-state index in [2.05, 4.69) is 32.7 Å². The smallest absolute Gasteiger partial charge is 0.213 e. The minimum absolute atomic E-state index is 0.158. The van der Waals surface area contributed by atoms with Gasteiger partial charge < -0.3 is 4.74 Å². The molecule has 0 aliphatic heterocycles. The van der Waals surface area contributed by atoms with E-state index in [0.717, 1.165) is 0 Å². The fraction of sp³-hybridized carbons (Fsp3) is 0.545. The van der Waals surface area contributed by atoms with Gasteiger partial charge in [0.1, 0.15) is 5.60 Å². The third kappa shape index (κ3) is 2.72. The van der Waals surface area contributed by atoms with Crippen LogP contribution in [0.15, 0.2) is 24.4 Å². The van der Waals surface area contributed by atoms with Gasteiger partial charge in [-0.2, -0.15) is 0 Å². The number of aromatic nitrogens is 1. The Morgan fingerprint density at radius 2 is 2.00 bits per heavy atom. The summed E-state index contributed by atoms with van der Waals surface area (Å²) in [7, 11) is 0. The molecule has 0 saturated heterocycles. The van der Waals surface area contributed by atoms with Crippen LogP contribution in [0.5, 0.6) is 5.88 Å². The van der Waals surface area contributed by atoms with Crippen molar-refractivity contribution >= 4 is 0 Å². The zero-order chi connectivity index (χ0) is 9.90. The Balaban J connectivity index is 2.69. The molecule has 0 bridgehead atoms. The lowest BCUT2D eigenvalue weighted by molar-refractivity contribution is 0.0550. The molecule has 0 aliphatic rings. The molecule has 0 radical (unpaired) electrons. The van der Waals surface area contributed by atoms with E-state index < -0.39 is 0 Å². The van der Waals surface area contributed by atoms with Crippen LogP contribution >= 0.6 is 0 Å². The summed E-state index contributed by atoms with van der Waals surface area (Å²) in [5.74, 6) is 1.16. The van der Waals surface area contributed by atoms with Crippen LogP contribution in [0, 0.1) is 5.92 Å². The Kier molecular flexibility index (Phi) is 2.91.